The minimum atomic E-state index is -1.00. The van der Waals surface area contributed by atoms with E-state index in [-0.39, 0.29) is 0 Å². The maximum atomic E-state index is 11.1. The van der Waals surface area contributed by atoms with Gasteiger partial charge in [0, 0.05) is 0 Å². The Bertz CT molecular complexity index is 261. The smallest absolute Gasteiger partial charge is 0.428 e. The van der Waals surface area contributed by atoms with Gasteiger partial charge < -0.3 is 9.47 Å². The molecule has 0 bridgehead atoms. The van der Waals surface area contributed by atoms with Crippen LogP contribution in [0.3, 0.4) is 0 Å². The van der Waals surface area contributed by atoms with Crippen LogP contribution in [-0.4, -0.2) is 23.4 Å². The highest BCUT2D eigenvalue weighted by molar-refractivity contribution is 5.78. The first kappa shape index (κ1) is 14.7. The topological polar surface area (TPSA) is 77.8 Å². The molecule has 1 N–H and O–H groups in total. The summed E-state index contributed by atoms with van der Waals surface area (Å²) in [6.07, 6.45) is -1.76. The maximum absolute atomic E-state index is 11.1. The fourth-order valence-electron chi connectivity index (χ4n) is 0.526. The summed E-state index contributed by atoms with van der Waals surface area (Å²) in [5, 5.41) is 7.14. The number of hydrogen-bond donors (Lipinski definition) is 1. The van der Waals surface area contributed by atoms with Crippen molar-refractivity contribution in [3.05, 3.63) is 0 Å². The molecule has 0 aromatic heterocycles. The van der Waals surface area contributed by atoms with E-state index in [0.29, 0.717) is 0 Å². The average Bonchev–Trinajstić information content (AvgIpc) is 1.95. The van der Waals surface area contributed by atoms with Crippen LogP contribution in [0.1, 0.15) is 41.5 Å². The third kappa shape index (κ3) is 9.26. The molecular formula is C10H19NO5. The van der Waals surface area contributed by atoms with Gasteiger partial charge in [-0.25, -0.2) is 10.2 Å². The minimum Gasteiger partial charge on any atom is -0.428 e. The lowest BCUT2D eigenvalue weighted by Gasteiger charge is -2.19. The summed E-state index contributed by atoms with van der Waals surface area (Å²) in [7, 11) is 0. The Morgan fingerprint density at radius 3 is 1.88 bits per heavy atom. The average molecular weight is 233 g/mol. The molecule has 0 atom stereocenters. The molecule has 0 amide bonds. The first-order chi connectivity index (χ1) is 6.99. The van der Waals surface area contributed by atoms with Gasteiger partial charge in [0.05, 0.1) is 0 Å². The molecule has 0 aliphatic carbocycles. The normalized spacial score (nSPS) is 11.9. The molecule has 0 spiro atoms. The Labute approximate surface area is 95.3 Å². The number of carbonyl (C=O) groups excluding carboxylic acids is 1. The van der Waals surface area contributed by atoms with Gasteiger partial charge in [-0.3, -0.25) is 4.89 Å². The fraction of sp³-hybridized carbons (Fsp3) is 0.800. The van der Waals surface area contributed by atoms with Crippen LogP contribution in [-0.2, 0) is 19.2 Å². The van der Waals surface area contributed by atoms with Crippen LogP contribution in [0.5, 0.6) is 0 Å². The molecule has 0 saturated heterocycles. The quantitative estimate of drug-likeness (QED) is 0.247. The summed E-state index contributed by atoms with van der Waals surface area (Å²) in [6.45, 7) is 10.2. The minimum absolute atomic E-state index is 0.594. The van der Waals surface area contributed by atoms with Gasteiger partial charge in [0.15, 0.2) is 0 Å². The third-order valence-corrected chi connectivity index (χ3v) is 0.933. The maximum Gasteiger partial charge on any atom is 0.517 e. The van der Waals surface area contributed by atoms with Gasteiger partial charge in [-0.1, -0.05) is 0 Å². The molecule has 0 aliphatic heterocycles. The predicted molar refractivity (Wildman–Crippen MR) is 57.0 cm³/mol. The fourth-order valence-corrected chi connectivity index (χ4v) is 0.526. The largest absolute Gasteiger partial charge is 0.517 e. The van der Waals surface area contributed by atoms with Gasteiger partial charge in [0.2, 0.25) is 0 Å². The van der Waals surface area contributed by atoms with Crippen LogP contribution in [0.15, 0.2) is 0 Å². The van der Waals surface area contributed by atoms with Gasteiger partial charge in [-0.2, -0.15) is 4.89 Å². The number of ether oxygens (including phenoxy) is 2. The van der Waals surface area contributed by atoms with E-state index in [9.17, 15) is 4.79 Å². The van der Waals surface area contributed by atoms with Crippen LogP contribution in [0, 0.1) is 5.41 Å². The first-order valence-electron chi connectivity index (χ1n) is 4.85. The highest BCUT2D eigenvalue weighted by Crippen LogP contribution is 2.10. The molecule has 6 nitrogen and oxygen atoms in total. The summed E-state index contributed by atoms with van der Waals surface area (Å²) in [5.74, 6) is 0. The van der Waals surface area contributed by atoms with E-state index < -0.39 is 23.4 Å². The van der Waals surface area contributed by atoms with Crippen molar-refractivity contribution in [3.63, 3.8) is 0 Å². The van der Waals surface area contributed by atoms with Crippen molar-refractivity contribution in [1.82, 2.24) is 0 Å². The molecule has 0 rings (SSSR count). The molecule has 6 heteroatoms. The molecule has 0 heterocycles. The molecule has 0 radical (unpaired) electrons. The van der Waals surface area contributed by atoms with Crippen molar-refractivity contribution in [2.45, 2.75) is 52.7 Å². The van der Waals surface area contributed by atoms with Crippen molar-refractivity contribution >= 4 is 12.2 Å². The molecular weight excluding hydrogens is 214 g/mol. The zero-order valence-electron chi connectivity index (χ0n) is 10.5. The molecule has 94 valence electrons. The van der Waals surface area contributed by atoms with E-state index in [1.165, 1.54) is 0 Å². The van der Waals surface area contributed by atoms with Crippen LogP contribution in [0.25, 0.3) is 0 Å². The van der Waals surface area contributed by atoms with Crippen molar-refractivity contribution in [1.29, 1.82) is 5.41 Å². The zero-order chi connectivity index (χ0) is 13.0. The molecule has 0 aromatic carbocycles. The van der Waals surface area contributed by atoms with E-state index in [1.54, 1.807) is 41.5 Å². The number of hydrogen-bond acceptors (Lipinski definition) is 6. The lowest BCUT2D eigenvalue weighted by molar-refractivity contribution is -0.299. The van der Waals surface area contributed by atoms with E-state index in [4.69, 9.17) is 15.0 Å². The second-order valence-corrected chi connectivity index (χ2v) is 5.13. The molecule has 0 aliphatic rings. The second-order valence-electron chi connectivity index (χ2n) is 5.13. The monoisotopic (exact) mass is 233 g/mol. The summed E-state index contributed by atoms with van der Waals surface area (Å²) < 4.78 is 9.20. The van der Waals surface area contributed by atoms with E-state index in [1.807, 2.05) is 0 Å². The van der Waals surface area contributed by atoms with E-state index >= 15 is 0 Å². The lowest BCUT2D eigenvalue weighted by atomic mass is 10.2. The Balaban J connectivity index is 3.93. The van der Waals surface area contributed by atoms with E-state index in [2.05, 4.69) is 9.62 Å². The number of rotatable bonds is 1. The van der Waals surface area contributed by atoms with Crippen LogP contribution < -0.4 is 0 Å². The Morgan fingerprint density at radius 2 is 1.50 bits per heavy atom. The number of nitrogens with one attached hydrogen (secondary N) is 1. The Hall–Kier alpha value is -1.30. The van der Waals surface area contributed by atoms with Crippen LogP contribution in [0.4, 0.5) is 4.79 Å². The predicted octanol–water partition coefficient (Wildman–Crippen LogP) is 2.62. The van der Waals surface area contributed by atoms with Crippen LogP contribution >= 0.6 is 0 Å². The molecule has 0 unspecified atom stereocenters. The molecule has 0 saturated carbocycles. The molecule has 16 heavy (non-hydrogen) atoms. The first-order valence-corrected chi connectivity index (χ1v) is 4.85. The SMILES string of the molecule is CC(C)(C)OOC(=N)OC(=O)OC(C)(C)C. The third-order valence-electron chi connectivity index (χ3n) is 0.933. The van der Waals surface area contributed by atoms with Gasteiger partial charge >= 0.3 is 12.2 Å². The Kier molecular flexibility index (Phi) is 4.74. The highest BCUT2D eigenvalue weighted by atomic mass is 17.2. The van der Waals surface area contributed by atoms with Crippen molar-refractivity contribution in [2.75, 3.05) is 0 Å². The van der Waals surface area contributed by atoms with Crippen molar-refractivity contribution in [2.24, 2.45) is 0 Å². The van der Waals surface area contributed by atoms with Crippen LogP contribution in [0.2, 0.25) is 0 Å². The number of carbonyl (C=O) groups is 1. The molecule has 0 fully saturated rings. The summed E-state index contributed by atoms with van der Waals surface area (Å²) in [4.78, 5) is 20.3. The van der Waals surface area contributed by atoms with Gasteiger partial charge in [-0.05, 0) is 41.5 Å². The summed E-state index contributed by atoms with van der Waals surface area (Å²) >= 11 is 0. The Morgan fingerprint density at radius 1 is 1.00 bits per heavy atom. The second kappa shape index (κ2) is 5.16. The van der Waals surface area contributed by atoms with Gasteiger partial charge in [0.1, 0.15) is 11.2 Å². The highest BCUT2D eigenvalue weighted by Gasteiger charge is 2.21. The van der Waals surface area contributed by atoms with Crippen molar-refractivity contribution < 1.29 is 24.0 Å². The van der Waals surface area contributed by atoms with Crippen molar-refractivity contribution in [3.8, 4) is 0 Å². The molecule has 0 aromatic rings. The van der Waals surface area contributed by atoms with Gasteiger partial charge in [0.25, 0.3) is 0 Å². The summed E-state index contributed by atoms with van der Waals surface area (Å²) in [6, 6.07) is 0. The lowest BCUT2D eigenvalue weighted by Crippen LogP contribution is -2.28. The standard InChI is InChI=1S/C10H19NO5/c1-9(2,3)14-8(12)13-7(11)15-16-10(4,5)6/h11H,1-6H3. The van der Waals surface area contributed by atoms with Gasteiger partial charge in [-0.15, -0.1) is 0 Å². The zero-order valence-corrected chi connectivity index (χ0v) is 10.5. The summed E-state index contributed by atoms with van der Waals surface area (Å²) in [5.41, 5.74) is -1.27. The van der Waals surface area contributed by atoms with E-state index in [0.717, 1.165) is 0 Å².